The zero-order chi connectivity index (χ0) is 14.6. The first-order valence-electron chi connectivity index (χ1n) is 6.43. The van der Waals surface area contributed by atoms with E-state index in [1.54, 1.807) is 0 Å². The Morgan fingerprint density at radius 2 is 2.05 bits per heavy atom. The molecular weight excluding hydrogens is 288 g/mol. The number of benzene rings is 1. The third-order valence-corrected chi connectivity index (χ3v) is 3.99. The molecule has 0 bridgehead atoms. The molecule has 0 spiro atoms. The molecule has 1 heterocycles. The highest BCUT2D eigenvalue weighted by atomic mass is 35.5. The number of hydrogen-bond donors (Lipinski definition) is 1. The maximum atomic E-state index is 13.5. The lowest BCUT2D eigenvalue weighted by Gasteiger charge is -2.36. The van der Waals surface area contributed by atoms with E-state index in [0.717, 1.165) is 12.1 Å². The van der Waals surface area contributed by atoms with Crippen molar-refractivity contribution in [3.63, 3.8) is 0 Å². The van der Waals surface area contributed by atoms with Crippen molar-refractivity contribution < 1.29 is 18.3 Å². The van der Waals surface area contributed by atoms with E-state index in [-0.39, 0.29) is 23.8 Å². The summed E-state index contributed by atoms with van der Waals surface area (Å²) in [6, 6.07) is 3.19. The Balaban J connectivity index is 2.00. The molecule has 2 rings (SSSR count). The summed E-state index contributed by atoms with van der Waals surface area (Å²) in [5, 5.41) is 2.86. The van der Waals surface area contributed by atoms with Crippen molar-refractivity contribution in [1.82, 2.24) is 5.32 Å². The predicted octanol–water partition coefficient (Wildman–Crippen LogP) is 2.41. The summed E-state index contributed by atoms with van der Waals surface area (Å²) < 4.78 is 31.5. The topological polar surface area (TPSA) is 38.3 Å². The molecule has 110 valence electrons. The largest absolute Gasteiger partial charge is 0.381 e. The summed E-state index contributed by atoms with van der Waals surface area (Å²) in [6.45, 7) is 1.08. The van der Waals surface area contributed by atoms with Gasteiger partial charge >= 0.3 is 0 Å². The van der Waals surface area contributed by atoms with Crippen LogP contribution in [-0.2, 0) is 16.0 Å². The molecular formula is C14H16ClF2NO2. The van der Waals surface area contributed by atoms with E-state index in [1.165, 1.54) is 6.07 Å². The van der Waals surface area contributed by atoms with Crippen molar-refractivity contribution in [3.8, 4) is 0 Å². The molecule has 1 aliphatic heterocycles. The molecule has 0 aliphatic carbocycles. The Kier molecular flexibility index (Phi) is 4.94. The smallest absolute Gasteiger partial charge is 0.225 e. The highest BCUT2D eigenvalue weighted by Gasteiger charge is 2.33. The van der Waals surface area contributed by atoms with Crippen LogP contribution in [0, 0.1) is 11.6 Å². The Labute approximate surface area is 121 Å². The van der Waals surface area contributed by atoms with Gasteiger partial charge in [-0.15, -0.1) is 11.6 Å². The minimum atomic E-state index is -0.716. The van der Waals surface area contributed by atoms with Crippen molar-refractivity contribution in [2.75, 3.05) is 19.1 Å². The number of carbonyl (C=O) groups is 1. The summed E-state index contributed by atoms with van der Waals surface area (Å²) in [5.74, 6) is -1.41. The maximum Gasteiger partial charge on any atom is 0.225 e. The van der Waals surface area contributed by atoms with Crippen LogP contribution in [0.25, 0.3) is 0 Å². The fourth-order valence-corrected chi connectivity index (χ4v) is 2.57. The first kappa shape index (κ1) is 15.2. The maximum absolute atomic E-state index is 13.5. The van der Waals surface area contributed by atoms with E-state index in [0.29, 0.717) is 26.1 Å². The molecule has 0 atom stereocenters. The summed E-state index contributed by atoms with van der Waals surface area (Å²) in [7, 11) is 0. The van der Waals surface area contributed by atoms with Gasteiger partial charge in [0.15, 0.2) is 0 Å². The van der Waals surface area contributed by atoms with Gasteiger partial charge in [-0.05, 0) is 24.5 Å². The van der Waals surface area contributed by atoms with Crippen molar-refractivity contribution in [1.29, 1.82) is 0 Å². The minimum Gasteiger partial charge on any atom is -0.381 e. The van der Waals surface area contributed by atoms with E-state index < -0.39 is 17.2 Å². The molecule has 3 nitrogen and oxygen atoms in total. The number of amides is 1. The summed E-state index contributed by atoms with van der Waals surface area (Å²) in [4.78, 5) is 12.0. The zero-order valence-electron chi connectivity index (χ0n) is 10.9. The van der Waals surface area contributed by atoms with Crippen LogP contribution in [0.4, 0.5) is 8.78 Å². The molecule has 0 saturated carbocycles. The van der Waals surface area contributed by atoms with Gasteiger partial charge in [0.25, 0.3) is 0 Å². The molecule has 0 aromatic heterocycles. The third-order valence-electron chi connectivity index (χ3n) is 3.48. The van der Waals surface area contributed by atoms with E-state index in [4.69, 9.17) is 16.3 Å². The lowest BCUT2D eigenvalue weighted by molar-refractivity contribution is -0.123. The van der Waals surface area contributed by atoms with E-state index in [9.17, 15) is 13.6 Å². The number of halogens is 3. The van der Waals surface area contributed by atoms with E-state index in [1.807, 2.05) is 0 Å². The summed E-state index contributed by atoms with van der Waals surface area (Å²) >= 11 is 5.94. The second kappa shape index (κ2) is 6.50. The van der Waals surface area contributed by atoms with Crippen LogP contribution < -0.4 is 5.32 Å². The van der Waals surface area contributed by atoms with Gasteiger partial charge in [-0.2, -0.15) is 0 Å². The van der Waals surface area contributed by atoms with Gasteiger partial charge in [-0.25, -0.2) is 8.78 Å². The molecule has 6 heteroatoms. The number of rotatable bonds is 4. The minimum absolute atomic E-state index is 0.133. The molecule has 0 radical (unpaired) electrons. The summed E-state index contributed by atoms with van der Waals surface area (Å²) in [6.07, 6.45) is 1.13. The fourth-order valence-electron chi connectivity index (χ4n) is 2.23. The summed E-state index contributed by atoms with van der Waals surface area (Å²) in [5.41, 5.74) is -0.325. The molecule has 1 fully saturated rings. The van der Waals surface area contributed by atoms with Gasteiger partial charge in [0, 0.05) is 25.2 Å². The predicted molar refractivity (Wildman–Crippen MR) is 71.7 cm³/mol. The van der Waals surface area contributed by atoms with Gasteiger partial charge in [0.2, 0.25) is 5.91 Å². The SMILES string of the molecule is O=C(Cc1ccc(F)cc1F)NC1(CCl)CCOCC1. The molecule has 20 heavy (non-hydrogen) atoms. The molecule has 1 aromatic carbocycles. The molecule has 1 amide bonds. The Morgan fingerprint density at radius 1 is 1.35 bits per heavy atom. The number of alkyl halides is 1. The molecule has 1 aromatic rings. The van der Waals surface area contributed by atoms with Gasteiger partial charge in [-0.1, -0.05) is 6.07 Å². The van der Waals surface area contributed by atoms with Crippen LogP contribution in [0.15, 0.2) is 18.2 Å². The number of ether oxygens (including phenoxy) is 1. The van der Waals surface area contributed by atoms with Crippen molar-refractivity contribution >= 4 is 17.5 Å². The number of hydrogen-bond acceptors (Lipinski definition) is 2. The lowest BCUT2D eigenvalue weighted by atomic mass is 9.92. The molecule has 0 unspecified atom stereocenters. The average Bonchev–Trinajstić information content (AvgIpc) is 2.43. The Hall–Kier alpha value is -1.20. The second-order valence-electron chi connectivity index (χ2n) is 4.99. The van der Waals surface area contributed by atoms with Gasteiger partial charge < -0.3 is 10.1 Å². The van der Waals surface area contributed by atoms with Crippen LogP contribution in [0.1, 0.15) is 18.4 Å². The fraction of sp³-hybridized carbons (Fsp3) is 0.500. The van der Waals surface area contributed by atoms with Crippen LogP contribution in [0.2, 0.25) is 0 Å². The standard InChI is InChI=1S/C14H16ClF2NO2/c15-9-14(3-5-20-6-4-14)18-13(19)7-10-1-2-11(16)8-12(10)17/h1-2,8H,3-7,9H2,(H,18,19). The third kappa shape index (κ3) is 3.67. The number of nitrogens with one attached hydrogen (secondary N) is 1. The molecule has 1 saturated heterocycles. The van der Waals surface area contributed by atoms with Crippen molar-refractivity contribution in [2.45, 2.75) is 24.8 Å². The van der Waals surface area contributed by atoms with Crippen molar-refractivity contribution in [2.24, 2.45) is 0 Å². The van der Waals surface area contributed by atoms with Crippen LogP contribution in [0.5, 0.6) is 0 Å². The zero-order valence-corrected chi connectivity index (χ0v) is 11.7. The van der Waals surface area contributed by atoms with Crippen molar-refractivity contribution in [3.05, 3.63) is 35.4 Å². The highest BCUT2D eigenvalue weighted by Crippen LogP contribution is 2.22. The second-order valence-corrected chi connectivity index (χ2v) is 5.25. The van der Waals surface area contributed by atoms with Crippen LogP contribution >= 0.6 is 11.6 Å². The van der Waals surface area contributed by atoms with Gasteiger partial charge in [-0.3, -0.25) is 4.79 Å². The first-order valence-corrected chi connectivity index (χ1v) is 6.97. The van der Waals surface area contributed by atoms with Crippen LogP contribution in [0.3, 0.4) is 0 Å². The van der Waals surface area contributed by atoms with Crippen LogP contribution in [-0.4, -0.2) is 30.5 Å². The molecule has 1 N–H and O–H groups in total. The first-order chi connectivity index (χ1) is 9.54. The number of carbonyl (C=O) groups excluding carboxylic acids is 1. The monoisotopic (exact) mass is 303 g/mol. The van der Waals surface area contributed by atoms with Gasteiger partial charge in [0.1, 0.15) is 11.6 Å². The van der Waals surface area contributed by atoms with E-state index in [2.05, 4.69) is 5.32 Å². The average molecular weight is 304 g/mol. The molecule has 1 aliphatic rings. The Morgan fingerprint density at radius 3 is 2.65 bits per heavy atom. The normalized spacial score (nSPS) is 17.8. The highest BCUT2D eigenvalue weighted by molar-refractivity contribution is 6.18. The van der Waals surface area contributed by atoms with E-state index >= 15 is 0 Å². The quantitative estimate of drug-likeness (QED) is 0.868. The Bertz CT molecular complexity index is 490. The lowest BCUT2D eigenvalue weighted by Crippen LogP contribution is -2.53. The van der Waals surface area contributed by atoms with Gasteiger partial charge in [0.05, 0.1) is 12.0 Å².